The predicted molar refractivity (Wildman–Crippen MR) is 97.4 cm³/mol. The van der Waals surface area contributed by atoms with Crippen LogP contribution in [0.15, 0.2) is 0 Å². The fourth-order valence-electron chi connectivity index (χ4n) is 1.82. The van der Waals surface area contributed by atoms with Gasteiger partial charge < -0.3 is 9.59 Å². The molecule has 0 aromatic carbocycles. The summed E-state index contributed by atoms with van der Waals surface area (Å²) in [5.74, 6) is 4.72. The standard InChI is InChI=1S/C17H32O2S2/c1-16(2,6-10-18)8-14-20-12-5-13-21-15-9-17(3,4)7-11-19/h10-11H,5-9,12-15H2,1-4H3. The first-order chi connectivity index (χ1) is 9.83. The molecule has 0 bridgehead atoms. The highest BCUT2D eigenvalue weighted by Crippen LogP contribution is 2.27. The van der Waals surface area contributed by atoms with Gasteiger partial charge in [0.25, 0.3) is 0 Å². The second-order valence-electron chi connectivity index (χ2n) is 7.15. The van der Waals surface area contributed by atoms with E-state index in [4.69, 9.17) is 0 Å². The first-order valence-electron chi connectivity index (χ1n) is 7.86. The molecule has 0 aliphatic rings. The molecule has 21 heavy (non-hydrogen) atoms. The molecule has 0 aromatic heterocycles. The Bertz CT molecular complexity index is 261. The van der Waals surface area contributed by atoms with E-state index in [2.05, 4.69) is 27.7 Å². The zero-order valence-electron chi connectivity index (χ0n) is 14.2. The number of aldehydes is 2. The van der Waals surface area contributed by atoms with Gasteiger partial charge in [-0.05, 0) is 53.1 Å². The van der Waals surface area contributed by atoms with Gasteiger partial charge in [0.1, 0.15) is 12.6 Å². The van der Waals surface area contributed by atoms with Crippen molar-refractivity contribution in [3.63, 3.8) is 0 Å². The molecule has 0 rings (SSSR count). The second-order valence-corrected chi connectivity index (χ2v) is 9.60. The lowest BCUT2D eigenvalue weighted by molar-refractivity contribution is -0.110. The molecule has 2 nitrogen and oxygen atoms in total. The van der Waals surface area contributed by atoms with Crippen molar-refractivity contribution >= 4 is 36.1 Å². The summed E-state index contributed by atoms with van der Waals surface area (Å²) in [6, 6.07) is 0. The molecule has 0 aromatic rings. The molecular weight excluding hydrogens is 300 g/mol. The molecule has 0 heterocycles. The zero-order valence-corrected chi connectivity index (χ0v) is 15.8. The minimum Gasteiger partial charge on any atom is -0.303 e. The van der Waals surface area contributed by atoms with E-state index >= 15 is 0 Å². The maximum Gasteiger partial charge on any atom is 0.120 e. The second kappa shape index (κ2) is 11.6. The van der Waals surface area contributed by atoms with Crippen LogP contribution in [0.25, 0.3) is 0 Å². The molecule has 0 aliphatic heterocycles. The Labute approximate surface area is 139 Å². The molecule has 0 saturated heterocycles. The van der Waals surface area contributed by atoms with Gasteiger partial charge in [0.2, 0.25) is 0 Å². The van der Waals surface area contributed by atoms with Gasteiger partial charge in [0, 0.05) is 12.8 Å². The highest BCUT2D eigenvalue weighted by molar-refractivity contribution is 8.00. The quantitative estimate of drug-likeness (QED) is 0.336. The summed E-state index contributed by atoms with van der Waals surface area (Å²) in [6.45, 7) is 8.66. The van der Waals surface area contributed by atoms with Crippen molar-refractivity contribution in [2.45, 2.75) is 59.8 Å². The van der Waals surface area contributed by atoms with E-state index in [1.807, 2.05) is 23.5 Å². The van der Waals surface area contributed by atoms with E-state index < -0.39 is 0 Å². The van der Waals surface area contributed by atoms with Crippen LogP contribution in [-0.4, -0.2) is 35.6 Å². The van der Waals surface area contributed by atoms with Gasteiger partial charge in [0.15, 0.2) is 0 Å². The van der Waals surface area contributed by atoms with Crippen LogP contribution in [0.2, 0.25) is 0 Å². The molecule has 0 aliphatic carbocycles. The summed E-state index contributed by atoms with van der Waals surface area (Å²) in [7, 11) is 0. The number of thioether (sulfide) groups is 2. The Kier molecular flexibility index (Phi) is 11.6. The normalized spacial score (nSPS) is 12.4. The van der Waals surface area contributed by atoms with Crippen molar-refractivity contribution < 1.29 is 9.59 Å². The topological polar surface area (TPSA) is 34.1 Å². The Morgan fingerprint density at radius 3 is 1.43 bits per heavy atom. The summed E-state index contributed by atoms with van der Waals surface area (Å²) in [5.41, 5.74) is 0.321. The van der Waals surface area contributed by atoms with Crippen LogP contribution in [0.1, 0.15) is 59.8 Å². The monoisotopic (exact) mass is 332 g/mol. The van der Waals surface area contributed by atoms with Crippen molar-refractivity contribution in [1.82, 2.24) is 0 Å². The van der Waals surface area contributed by atoms with Crippen LogP contribution in [-0.2, 0) is 9.59 Å². The smallest absolute Gasteiger partial charge is 0.120 e. The summed E-state index contributed by atoms with van der Waals surface area (Å²) in [4.78, 5) is 21.1. The molecule has 0 radical (unpaired) electrons. The molecule has 0 amide bonds. The molecule has 0 atom stereocenters. The maximum absolute atomic E-state index is 10.5. The van der Waals surface area contributed by atoms with Crippen molar-refractivity contribution in [2.75, 3.05) is 23.0 Å². The van der Waals surface area contributed by atoms with Gasteiger partial charge in [-0.3, -0.25) is 0 Å². The highest BCUT2D eigenvalue weighted by Gasteiger charge is 2.17. The van der Waals surface area contributed by atoms with Gasteiger partial charge in [-0.25, -0.2) is 0 Å². The summed E-state index contributed by atoms with van der Waals surface area (Å²) in [6.07, 6.45) is 6.88. The molecule has 124 valence electrons. The van der Waals surface area contributed by atoms with Gasteiger partial charge in [-0.1, -0.05) is 27.7 Å². The van der Waals surface area contributed by atoms with E-state index in [9.17, 15) is 9.59 Å². The van der Waals surface area contributed by atoms with E-state index in [0.717, 1.165) is 36.9 Å². The minimum atomic E-state index is 0.160. The first kappa shape index (κ1) is 21.0. The Morgan fingerprint density at radius 1 is 0.714 bits per heavy atom. The lowest BCUT2D eigenvalue weighted by Crippen LogP contribution is -2.13. The van der Waals surface area contributed by atoms with Gasteiger partial charge in [-0.2, -0.15) is 23.5 Å². The van der Waals surface area contributed by atoms with Crippen molar-refractivity contribution in [3.05, 3.63) is 0 Å². The molecule has 0 saturated carbocycles. The minimum absolute atomic E-state index is 0.160. The summed E-state index contributed by atoms with van der Waals surface area (Å²) >= 11 is 4.00. The van der Waals surface area contributed by atoms with Crippen LogP contribution in [0.5, 0.6) is 0 Å². The van der Waals surface area contributed by atoms with E-state index in [1.165, 1.54) is 17.9 Å². The van der Waals surface area contributed by atoms with Crippen molar-refractivity contribution in [3.8, 4) is 0 Å². The van der Waals surface area contributed by atoms with E-state index in [-0.39, 0.29) is 10.8 Å². The number of rotatable bonds is 14. The zero-order chi connectivity index (χ0) is 16.2. The third-order valence-electron chi connectivity index (χ3n) is 3.70. The fourth-order valence-corrected chi connectivity index (χ4v) is 4.50. The summed E-state index contributed by atoms with van der Waals surface area (Å²) in [5, 5.41) is 0. The largest absolute Gasteiger partial charge is 0.303 e. The lowest BCUT2D eigenvalue weighted by Gasteiger charge is -2.21. The highest BCUT2D eigenvalue weighted by atomic mass is 32.2. The van der Waals surface area contributed by atoms with E-state index in [1.54, 1.807) is 0 Å². The predicted octanol–water partition coefficient (Wildman–Crippen LogP) is 4.85. The summed E-state index contributed by atoms with van der Waals surface area (Å²) < 4.78 is 0. The Hall–Kier alpha value is 0.0400. The third kappa shape index (κ3) is 13.4. The molecule has 0 unspecified atom stereocenters. The average molecular weight is 333 g/mol. The Balaban J connectivity index is 3.41. The number of carbonyl (C=O) groups is 2. The Morgan fingerprint density at radius 2 is 1.10 bits per heavy atom. The number of hydrogen-bond acceptors (Lipinski definition) is 4. The van der Waals surface area contributed by atoms with Crippen molar-refractivity contribution in [1.29, 1.82) is 0 Å². The van der Waals surface area contributed by atoms with Gasteiger partial charge in [-0.15, -0.1) is 0 Å². The molecule has 0 fully saturated rings. The third-order valence-corrected chi connectivity index (χ3v) is 5.84. The number of hydrogen-bond donors (Lipinski definition) is 0. The van der Waals surface area contributed by atoms with Gasteiger partial charge in [0.05, 0.1) is 0 Å². The molecular formula is C17H32O2S2. The molecule has 0 N–H and O–H groups in total. The maximum atomic E-state index is 10.5. The van der Waals surface area contributed by atoms with Crippen LogP contribution in [0.4, 0.5) is 0 Å². The van der Waals surface area contributed by atoms with Gasteiger partial charge >= 0.3 is 0 Å². The van der Waals surface area contributed by atoms with Crippen molar-refractivity contribution in [2.24, 2.45) is 10.8 Å². The molecule has 4 heteroatoms. The number of carbonyl (C=O) groups excluding carboxylic acids is 2. The van der Waals surface area contributed by atoms with Crippen LogP contribution < -0.4 is 0 Å². The SMILES string of the molecule is CC(C)(CC=O)CCSCCCSCCC(C)(C)CC=O. The fraction of sp³-hybridized carbons (Fsp3) is 0.882. The van der Waals surface area contributed by atoms with Crippen LogP contribution in [0, 0.1) is 10.8 Å². The molecule has 0 spiro atoms. The average Bonchev–Trinajstić information content (AvgIpc) is 2.36. The van der Waals surface area contributed by atoms with Crippen LogP contribution >= 0.6 is 23.5 Å². The first-order valence-corrected chi connectivity index (χ1v) is 10.2. The lowest BCUT2D eigenvalue weighted by atomic mass is 9.87. The van der Waals surface area contributed by atoms with Crippen LogP contribution in [0.3, 0.4) is 0 Å². The van der Waals surface area contributed by atoms with E-state index in [0.29, 0.717) is 12.8 Å².